The summed E-state index contributed by atoms with van der Waals surface area (Å²) < 4.78 is 24.6. The third-order valence-electron chi connectivity index (χ3n) is 2.85. The minimum atomic E-state index is -2.24. The Labute approximate surface area is 90.2 Å². The molecule has 0 spiro atoms. The Morgan fingerprint density at radius 3 is 2.73 bits per heavy atom. The van der Waals surface area contributed by atoms with Crippen LogP contribution in [0.15, 0.2) is 0 Å². The number of hydrogen-bond acceptors (Lipinski definition) is 2. The van der Waals surface area contributed by atoms with E-state index >= 15 is 0 Å². The van der Waals surface area contributed by atoms with Crippen molar-refractivity contribution in [3.63, 3.8) is 0 Å². The summed E-state index contributed by atoms with van der Waals surface area (Å²) >= 11 is 0. The number of hydrogen-bond donors (Lipinski definition) is 0. The van der Waals surface area contributed by atoms with E-state index in [2.05, 4.69) is 10.8 Å². The van der Waals surface area contributed by atoms with Crippen molar-refractivity contribution in [2.24, 2.45) is 0 Å². The Bertz CT molecular complexity index is 225. The van der Waals surface area contributed by atoms with Gasteiger partial charge in [-0.1, -0.05) is 12.8 Å². The lowest BCUT2D eigenvalue weighted by atomic mass is 10.1. The molecule has 1 aliphatic heterocycles. The van der Waals surface area contributed by atoms with Crippen molar-refractivity contribution in [3.8, 4) is 12.3 Å². The van der Waals surface area contributed by atoms with Gasteiger partial charge in [0.2, 0.25) is 0 Å². The van der Waals surface area contributed by atoms with E-state index in [1.54, 1.807) is 0 Å². The molecule has 0 unspecified atom stereocenters. The van der Waals surface area contributed by atoms with Gasteiger partial charge in [-0.3, -0.25) is 9.80 Å². The summed E-state index contributed by atoms with van der Waals surface area (Å²) in [7, 11) is 0. The summed E-state index contributed by atoms with van der Waals surface area (Å²) in [4.78, 5) is 4.02. The first kappa shape index (κ1) is 12.4. The zero-order valence-corrected chi connectivity index (χ0v) is 9.13. The summed E-state index contributed by atoms with van der Waals surface area (Å²) in [6.07, 6.45) is 3.90. The summed E-state index contributed by atoms with van der Waals surface area (Å²) in [5, 5.41) is 0. The fourth-order valence-corrected chi connectivity index (χ4v) is 2.03. The van der Waals surface area contributed by atoms with Gasteiger partial charge in [0.1, 0.15) is 0 Å². The largest absolute Gasteiger partial charge is 0.292 e. The third-order valence-corrected chi connectivity index (χ3v) is 2.85. The molecule has 0 aliphatic carbocycles. The third kappa shape index (κ3) is 3.77. The number of nitrogens with zero attached hydrogens (tertiary/aromatic N) is 2. The maximum absolute atomic E-state index is 12.3. The molecular formula is C11H18F2N2. The zero-order valence-electron chi connectivity index (χ0n) is 9.13. The second-order valence-corrected chi connectivity index (χ2v) is 3.89. The molecule has 0 aromatic rings. The van der Waals surface area contributed by atoms with Gasteiger partial charge >= 0.3 is 0 Å². The lowest BCUT2D eigenvalue weighted by molar-refractivity contribution is 0.0230. The van der Waals surface area contributed by atoms with Crippen LogP contribution in [-0.2, 0) is 0 Å². The molecule has 2 nitrogen and oxygen atoms in total. The first-order valence-electron chi connectivity index (χ1n) is 5.35. The molecule has 1 saturated heterocycles. The Kier molecular flexibility index (Phi) is 5.00. The molecule has 1 rings (SSSR count). The van der Waals surface area contributed by atoms with Crippen molar-refractivity contribution in [2.75, 3.05) is 32.7 Å². The number of rotatable bonds is 4. The molecular weight excluding hydrogens is 198 g/mol. The fraction of sp³-hybridized carbons (Fsp3) is 0.818. The molecule has 0 aromatic heterocycles. The molecule has 0 saturated carbocycles. The zero-order chi connectivity index (χ0) is 11.3. The quantitative estimate of drug-likeness (QED) is 0.653. The predicted molar refractivity (Wildman–Crippen MR) is 56.9 cm³/mol. The Morgan fingerprint density at radius 1 is 1.47 bits per heavy atom. The molecule has 1 fully saturated rings. The van der Waals surface area contributed by atoms with E-state index in [1.807, 2.05) is 11.8 Å². The maximum atomic E-state index is 12.3. The van der Waals surface area contributed by atoms with Crippen molar-refractivity contribution in [1.29, 1.82) is 0 Å². The van der Waals surface area contributed by atoms with Crippen LogP contribution in [0, 0.1) is 12.3 Å². The normalized spacial score (nSPS) is 24.3. The van der Waals surface area contributed by atoms with Gasteiger partial charge in [-0.2, -0.15) is 0 Å². The van der Waals surface area contributed by atoms with Gasteiger partial charge in [0.05, 0.1) is 13.1 Å². The van der Waals surface area contributed by atoms with Crippen LogP contribution in [0.25, 0.3) is 0 Å². The van der Waals surface area contributed by atoms with Crippen LogP contribution in [0.5, 0.6) is 0 Å². The molecule has 0 amide bonds. The lowest BCUT2D eigenvalue weighted by Gasteiger charge is -2.40. The highest BCUT2D eigenvalue weighted by Gasteiger charge is 2.26. The van der Waals surface area contributed by atoms with Crippen LogP contribution in [0.4, 0.5) is 8.78 Å². The number of halogens is 2. The van der Waals surface area contributed by atoms with E-state index in [0.717, 1.165) is 19.5 Å². The van der Waals surface area contributed by atoms with Crippen LogP contribution < -0.4 is 0 Å². The maximum Gasteiger partial charge on any atom is 0.251 e. The molecule has 15 heavy (non-hydrogen) atoms. The topological polar surface area (TPSA) is 6.48 Å². The highest BCUT2D eigenvalue weighted by Crippen LogP contribution is 2.14. The molecule has 4 heteroatoms. The molecule has 0 bridgehead atoms. The standard InChI is InChI=1S/C11H18F2N2/c1-3-5-14-6-7-15(9-11(12)13)10(4-2)8-14/h1,10-11H,4-9H2,2H3/t10-/m1/s1. The molecule has 1 heterocycles. The van der Waals surface area contributed by atoms with Crippen molar-refractivity contribution >= 4 is 0 Å². The average molecular weight is 216 g/mol. The summed E-state index contributed by atoms with van der Waals surface area (Å²) in [5.74, 6) is 2.60. The molecule has 86 valence electrons. The van der Waals surface area contributed by atoms with Crippen LogP contribution in [-0.4, -0.2) is 55.0 Å². The second kappa shape index (κ2) is 6.04. The van der Waals surface area contributed by atoms with Gasteiger partial charge in [0.25, 0.3) is 6.43 Å². The van der Waals surface area contributed by atoms with Gasteiger partial charge in [-0.05, 0) is 6.42 Å². The average Bonchev–Trinajstić information content (AvgIpc) is 2.20. The Morgan fingerprint density at radius 2 is 2.20 bits per heavy atom. The molecule has 1 aliphatic rings. The lowest BCUT2D eigenvalue weighted by Crippen LogP contribution is -2.53. The smallest absolute Gasteiger partial charge is 0.251 e. The van der Waals surface area contributed by atoms with E-state index < -0.39 is 6.43 Å². The molecule has 1 atom stereocenters. The highest BCUT2D eigenvalue weighted by atomic mass is 19.3. The molecule has 0 aromatic carbocycles. The Hall–Kier alpha value is -0.660. The SMILES string of the molecule is C#CCN1CCN(CC(F)F)[C@H](CC)C1. The van der Waals surface area contributed by atoms with Crippen LogP contribution in [0.1, 0.15) is 13.3 Å². The van der Waals surface area contributed by atoms with Crippen molar-refractivity contribution < 1.29 is 8.78 Å². The fourth-order valence-electron chi connectivity index (χ4n) is 2.03. The van der Waals surface area contributed by atoms with Gasteiger partial charge in [0.15, 0.2) is 0 Å². The van der Waals surface area contributed by atoms with Crippen LogP contribution in [0.2, 0.25) is 0 Å². The summed E-state index contributed by atoms with van der Waals surface area (Å²) in [6, 6.07) is 0.223. The van der Waals surface area contributed by atoms with E-state index in [9.17, 15) is 8.78 Å². The van der Waals surface area contributed by atoms with E-state index in [0.29, 0.717) is 13.1 Å². The van der Waals surface area contributed by atoms with Crippen molar-refractivity contribution in [2.45, 2.75) is 25.8 Å². The molecule has 0 N–H and O–H groups in total. The monoisotopic (exact) mass is 216 g/mol. The van der Waals surface area contributed by atoms with Crippen LogP contribution >= 0.6 is 0 Å². The minimum Gasteiger partial charge on any atom is -0.292 e. The van der Waals surface area contributed by atoms with Crippen LogP contribution in [0.3, 0.4) is 0 Å². The number of terminal acetylenes is 1. The van der Waals surface area contributed by atoms with Crippen molar-refractivity contribution in [3.05, 3.63) is 0 Å². The molecule has 0 radical (unpaired) electrons. The van der Waals surface area contributed by atoms with Gasteiger partial charge in [0, 0.05) is 25.7 Å². The van der Waals surface area contributed by atoms with Gasteiger partial charge in [-0.25, -0.2) is 8.78 Å². The first-order valence-corrected chi connectivity index (χ1v) is 5.35. The van der Waals surface area contributed by atoms with E-state index in [4.69, 9.17) is 6.42 Å². The minimum absolute atomic E-state index is 0.109. The van der Waals surface area contributed by atoms with Gasteiger partial charge in [-0.15, -0.1) is 6.42 Å². The van der Waals surface area contributed by atoms with Crippen molar-refractivity contribution in [1.82, 2.24) is 9.80 Å². The first-order chi connectivity index (χ1) is 7.17. The summed E-state index contributed by atoms with van der Waals surface area (Å²) in [5.41, 5.74) is 0. The van der Waals surface area contributed by atoms with E-state index in [1.165, 1.54) is 0 Å². The van der Waals surface area contributed by atoms with Gasteiger partial charge < -0.3 is 0 Å². The summed E-state index contributed by atoms with van der Waals surface area (Å²) in [6.45, 7) is 4.86. The number of alkyl halides is 2. The highest BCUT2D eigenvalue weighted by molar-refractivity contribution is 4.92. The van der Waals surface area contributed by atoms with E-state index in [-0.39, 0.29) is 12.6 Å². The number of piperazine rings is 1. The Balaban J connectivity index is 2.46. The predicted octanol–water partition coefficient (Wildman–Crippen LogP) is 1.28. The second-order valence-electron chi connectivity index (χ2n) is 3.89.